The van der Waals surface area contributed by atoms with E-state index in [0.717, 1.165) is 20.6 Å². The molecule has 0 heterocycles. The van der Waals surface area contributed by atoms with Gasteiger partial charge in [0.05, 0.1) is 14.2 Å². The number of methoxy groups -OCH3 is 2. The Morgan fingerprint density at radius 3 is 2.35 bits per heavy atom. The molecule has 0 aromatic rings. The van der Waals surface area contributed by atoms with E-state index in [1.165, 1.54) is 0 Å². The number of unbranched alkanes of at least 4 members (excludes halogenated alkanes) is 1. The van der Waals surface area contributed by atoms with Crippen molar-refractivity contribution in [3.63, 3.8) is 0 Å². The minimum atomic E-state index is -3.04. The summed E-state index contributed by atoms with van der Waals surface area (Å²) >= 11 is 0.416. The normalized spacial score (nSPS) is 15.8. The van der Waals surface area contributed by atoms with E-state index in [1.807, 2.05) is 6.92 Å². The number of ether oxygens (including phenoxy) is 2. The Balaban J connectivity index is 4.82. The van der Waals surface area contributed by atoms with Crippen molar-refractivity contribution < 1.29 is 27.8 Å². The van der Waals surface area contributed by atoms with Crippen LogP contribution in [0.25, 0.3) is 0 Å². The van der Waals surface area contributed by atoms with Crippen LogP contribution in [-0.4, -0.2) is 43.1 Å². The van der Waals surface area contributed by atoms with Gasteiger partial charge in [0.2, 0.25) is 0 Å². The van der Waals surface area contributed by atoms with Crippen LogP contribution < -0.4 is 0 Å². The highest BCUT2D eigenvalue weighted by Crippen LogP contribution is 2.35. The second-order valence-corrected chi connectivity index (χ2v) is 4.52. The molecule has 0 aromatic carbocycles. The summed E-state index contributed by atoms with van der Waals surface area (Å²) in [5, 5.41) is -3.04. The quantitative estimate of drug-likeness (QED) is 0.522. The molecule has 100 valence electrons. The third kappa shape index (κ3) is 4.14. The standard InChI is InChI=1S/C10H16F2O4S/c1-4-5-6-17-10(12,9(14)16-3)7(11)8(13)15-2/h7H,4-6H2,1-3H3. The average molecular weight is 270 g/mol. The first-order valence-corrected chi connectivity index (χ1v) is 6.05. The molecule has 0 rings (SSSR count). The smallest absolute Gasteiger partial charge is 0.358 e. The fourth-order valence-electron chi connectivity index (χ4n) is 0.995. The van der Waals surface area contributed by atoms with Gasteiger partial charge in [0, 0.05) is 0 Å². The number of thioether (sulfide) groups is 1. The summed E-state index contributed by atoms with van der Waals surface area (Å²) < 4.78 is 36.0. The Bertz CT molecular complexity index is 275. The molecule has 17 heavy (non-hydrogen) atoms. The number of carbonyl (C=O) groups is 2. The summed E-state index contributed by atoms with van der Waals surface area (Å²) in [7, 11) is 1.85. The van der Waals surface area contributed by atoms with E-state index in [9.17, 15) is 18.4 Å². The molecule has 0 radical (unpaired) electrons. The van der Waals surface area contributed by atoms with Gasteiger partial charge in [-0.3, -0.25) is 0 Å². The van der Waals surface area contributed by atoms with Crippen LogP contribution in [0, 0.1) is 0 Å². The first-order chi connectivity index (χ1) is 7.93. The van der Waals surface area contributed by atoms with Crippen LogP contribution in [0.5, 0.6) is 0 Å². The first-order valence-electron chi connectivity index (χ1n) is 5.07. The van der Waals surface area contributed by atoms with E-state index in [1.54, 1.807) is 0 Å². The molecule has 0 N–H and O–H groups in total. The lowest BCUT2D eigenvalue weighted by Gasteiger charge is -2.23. The zero-order valence-corrected chi connectivity index (χ0v) is 10.8. The minimum absolute atomic E-state index is 0.208. The van der Waals surface area contributed by atoms with Crippen LogP contribution >= 0.6 is 11.8 Å². The van der Waals surface area contributed by atoms with Gasteiger partial charge in [0.25, 0.3) is 11.2 Å². The van der Waals surface area contributed by atoms with E-state index in [4.69, 9.17) is 0 Å². The number of carbonyl (C=O) groups excluding carboxylic acids is 2. The molecule has 0 saturated carbocycles. The van der Waals surface area contributed by atoms with Crippen molar-refractivity contribution in [1.29, 1.82) is 0 Å². The Kier molecular flexibility index (Phi) is 7.10. The molecule has 0 fully saturated rings. The lowest BCUT2D eigenvalue weighted by atomic mass is 10.2. The van der Waals surface area contributed by atoms with E-state index in [-0.39, 0.29) is 5.75 Å². The van der Waals surface area contributed by atoms with Crippen molar-refractivity contribution in [3.8, 4) is 0 Å². The molecule has 0 aliphatic rings. The van der Waals surface area contributed by atoms with Crippen molar-refractivity contribution in [1.82, 2.24) is 0 Å². The second kappa shape index (κ2) is 7.47. The molecule has 0 amide bonds. The predicted molar refractivity (Wildman–Crippen MR) is 60.1 cm³/mol. The predicted octanol–water partition coefficient (Wildman–Crippen LogP) is 1.87. The third-order valence-electron chi connectivity index (χ3n) is 2.01. The van der Waals surface area contributed by atoms with Gasteiger partial charge in [-0.05, 0) is 12.2 Å². The molecule has 2 unspecified atom stereocenters. The largest absolute Gasteiger partial charge is 0.467 e. The topological polar surface area (TPSA) is 52.6 Å². The van der Waals surface area contributed by atoms with E-state index in [2.05, 4.69) is 9.47 Å². The summed E-state index contributed by atoms with van der Waals surface area (Å²) in [5.41, 5.74) is 0. The SMILES string of the molecule is CCCCSC(F)(C(=O)OC)C(F)C(=O)OC. The number of hydrogen-bond acceptors (Lipinski definition) is 5. The fraction of sp³-hybridized carbons (Fsp3) is 0.800. The van der Waals surface area contributed by atoms with E-state index < -0.39 is 23.1 Å². The molecule has 0 saturated heterocycles. The maximum Gasteiger partial charge on any atom is 0.358 e. The highest BCUT2D eigenvalue weighted by molar-refractivity contribution is 8.01. The van der Waals surface area contributed by atoms with Gasteiger partial charge >= 0.3 is 11.9 Å². The summed E-state index contributed by atoms with van der Waals surface area (Å²) in [4.78, 5) is 22.2. The van der Waals surface area contributed by atoms with Crippen LogP contribution in [0.15, 0.2) is 0 Å². The molecule has 0 aliphatic heterocycles. The molecule has 7 heteroatoms. The fourth-order valence-corrected chi connectivity index (χ4v) is 2.17. The highest BCUT2D eigenvalue weighted by Gasteiger charge is 2.53. The van der Waals surface area contributed by atoms with Gasteiger partial charge in [0.15, 0.2) is 0 Å². The van der Waals surface area contributed by atoms with Crippen LogP contribution in [0.3, 0.4) is 0 Å². The Morgan fingerprint density at radius 2 is 1.94 bits per heavy atom. The molecule has 4 nitrogen and oxygen atoms in total. The molecule has 2 atom stereocenters. The summed E-state index contributed by atoms with van der Waals surface area (Å²) in [6, 6.07) is 0. The minimum Gasteiger partial charge on any atom is -0.467 e. The number of halogens is 2. The van der Waals surface area contributed by atoms with Crippen molar-refractivity contribution in [2.24, 2.45) is 0 Å². The van der Waals surface area contributed by atoms with Gasteiger partial charge in [-0.1, -0.05) is 13.3 Å². The molecule has 0 aromatic heterocycles. The maximum absolute atomic E-state index is 14.2. The Morgan fingerprint density at radius 1 is 1.35 bits per heavy atom. The zero-order chi connectivity index (χ0) is 13.5. The van der Waals surface area contributed by atoms with Gasteiger partial charge in [-0.25, -0.2) is 18.4 Å². The van der Waals surface area contributed by atoms with Gasteiger partial charge in [0.1, 0.15) is 0 Å². The average Bonchev–Trinajstić information content (AvgIpc) is 2.35. The number of rotatable bonds is 7. The lowest BCUT2D eigenvalue weighted by molar-refractivity contribution is -0.162. The van der Waals surface area contributed by atoms with E-state index in [0.29, 0.717) is 18.2 Å². The zero-order valence-electron chi connectivity index (χ0n) is 10.00. The molecule has 0 spiro atoms. The summed E-state index contributed by atoms with van der Waals surface area (Å²) in [6.45, 7) is 1.87. The van der Waals surface area contributed by atoms with Crippen molar-refractivity contribution in [2.75, 3.05) is 20.0 Å². The van der Waals surface area contributed by atoms with Gasteiger partial charge in [-0.15, -0.1) is 11.8 Å². The second-order valence-electron chi connectivity index (χ2n) is 3.22. The molecule has 0 bridgehead atoms. The molecular formula is C10H16F2O4S. The molecular weight excluding hydrogens is 254 g/mol. The first kappa shape index (κ1) is 16.1. The van der Waals surface area contributed by atoms with Crippen molar-refractivity contribution >= 4 is 23.7 Å². The monoisotopic (exact) mass is 270 g/mol. The maximum atomic E-state index is 14.2. The highest BCUT2D eigenvalue weighted by atomic mass is 32.2. The Hall–Kier alpha value is -0.850. The lowest BCUT2D eigenvalue weighted by Crippen LogP contribution is -2.46. The van der Waals surface area contributed by atoms with Crippen molar-refractivity contribution in [3.05, 3.63) is 0 Å². The van der Waals surface area contributed by atoms with Crippen LogP contribution in [-0.2, 0) is 19.1 Å². The number of hydrogen-bond donors (Lipinski definition) is 0. The van der Waals surface area contributed by atoms with E-state index >= 15 is 0 Å². The Labute approximate surface area is 103 Å². The third-order valence-corrected chi connectivity index (χ3v) is 3.29. The van der Waals surface area contributed by atoms with Gasteiger partial charge < -0.3 is 9.47 Å². The van der Waals surface area contributed by atoms with Crippen LogP contribution in [0.4, 0.5) is 8.78 Å². The number of alkyl halides is 2. The van der Waals surface area contributed by atoms with Crippen molar-refractivity contribution in [2.45, 2.75) is 30.9 Å². The van der Waals surface area contributed by atoms with Crippen LogP contribution in [0.1, 0.15) is 19.8 Å². The molecule has 0 aliphatic carbocycles. The van der Waals surface area contributed by atoms with Crippen LogP contribution in [0.2, 0.25) is 0 Å². The number of esters is 2. The van der Waals surface area contributed by atoms with Gasteiger partial charge in [-0.2, -0.15) is 0 Å². The summed E-state index contributed by atoms with van der Waals surface area (Å²) in [6.07, 6.45) is -1.33. The summed E-state index contributed by atoms with van der Waals surface area (Å²) in [5.74, 6) is -2.64.